The highest BCUT2D eigenvalue weighted by atomic mass is 32.2. The van der Waals surface area contributed by atoms with Gasteiger partial charge in [-0.05, 0) is 69.0 Å². The van der Waals surface area contributed by atoms with Crippen LogP contribution in [0.1, 0.15) is 43.2 Å². The fraction of sp³-hybridized carbons (Fsp3) is 0.417. The predicted octanol–water partition coefficient (Wildman–Crippen LogP) is 3.61. The molecule has 2 aliphatic heterocycles. The molecule has 0 bridgehead atoms. The zero-order chi connectivity index (χ0) is 22.9. The molecule has 2 amide bonds. The first-order valence-corrected chi connectivity index (χ1v) is 12.5. The van der Waals surface area contributed by atoms with Gasteiger partial charge in [-0.3, -0.25) is 9.59 Å². The first-order chi connectivity index (χ1) is 15.3. The van der Waals surface area contributed by atoms with Crippen molar-refractivity contribution >= 4 is 33.2 Å². The van der Waals surface area contributed by atoms with Crippen molar-refractivity contribution in [3.8, 4) is 0 Å². The Morgan fingerprint density at radius 2 is 1.75 bits per heavy atom. The summed E-state index contributed by atoms with van der Waals surface area (Å²) in [6.07, 6.45) is 3.42. The van der Waals surface area contributed by atoms with Crippen LogP contribution in [0.2, 0.25) is 0 Å². The Balaban J connectivity index is 1.53. The molecule has 0 saturated carbocycles. The van der Waals surface area contributed by atoms with E-state index in [1.165, 1.54) is 4.31 Å². The summed E-state index contributed by atoms with van der Waals surface area (Å²) in [6.45, 7) is 4.84. The maximum absolute atomic E-state index is 13.3. The van der Waals surface area contributed by atoms with Gasteiger partial charge in [-0.1, -0.05) is 24.1 Å². The van der Waals surface area contributed by atoms with E-state index in [-0.39, 0.29) is 16.7 Å². The van der Waals surface area contributed by atoms with Crippen LogP contribution in [-0.4, -0.2) is 43.7 Å². The zero-order valence-corrected chi connectivity index (χ0v) is 19.3. The number of aryl methyl sites for hydroxylation is 2. The lowest BCUT2D eigenvalue weighted by molar-refractivity contribution is -0.120. The minimum Gasteiger partial charge on any atom is -0.325 e. The number of carbonyl (C=O) groups is 2. The van der Waals surface area contributed by atoms with Crippen LogP contribution in [0.4, 0.5) is 11.4 Å². The monoisotopic (exact) mass is 455 g/mol. The molecule has 2 saturated heterocycles. The Morgan fingerprint density at radius 1 is 1.00 bits per heavy atom. The van der Waals surface area contributed by atoms with Gasteiger partial charge in [-0.15, -0.1) is 0 Å². The zero-order valence-electron chi connectivity index (χ0n) is 18.5. The van der Waals surface area contributed by atoms with Gasteiger partial charge in [-0.2, -0.15) is 4.31 Å². The van der Waals surface area contributed by atoms with Gasteiger partial charge in [0.05, 0.1) is 4.90 Å². The van der Waals surface area contributed by atoms with E-state index in [1.54, 1.807) is 35.2 Å². The van der Waals surface area contributed by atoms with Crippen molar-refractivity contribution in [2.24, 2.45) is 0 Å². The highest BCUT2D eigenvalue weighted by Crippen LogP contribution is 2.29. The SMILES string of the molecule is Cc1ccc(S(=O)(=O)N2CCCCC2C(=O)Nc2ccc(N3CCCC3=O)c(C)c2)cc1. The van der Waals surface area contributed by atoms with Crippen molar-refractivity contribution in [3.63, 3.8) is 0 Å². The number of sulfonamides is 1. The summed E-state index contributed by atoms with van der Waals surface area (Å²) in [5, 5.41) is 2.90. The minimum atomic E-state index is -3.77. The summed E-state index contributed by atoms with van der Waals surface area (Å²) in [7, 11) is -3.77. The molecule has 170 valence electrons. The van der Waals surface area contributed by atoms with Crippen LogP contribution in [0.5, 0.6) is 0 Å². The van der Waals surface area contributed by atoms with E-state index in [1.807, 2.05) is 26.0 Å². The molecule has 7 nitrogen and oxygen atoms in total. The molecule has 1 atom stereocenters. The molecular weight excluding hydrogens is 426 g/mol. The molecule has 1 unspecified atom stereocenters. The lowest BCUT2D eigenvalue weighted by atomic mass is 10.0. The Morgan fingerprint density at radius 3 is 2.41 bits per heavy atom. The van der Waals surface area contributed by atoms with Gasteiger partial charge >= 0.3 is 0 Å². The molecule has 8 heteroatoms. The average molecular weight is 456 g/mol. The predicted molar refractivity (Wildman–Crippen MR) is 124 cm³/mol. The van der Waals surface area contributed by atoms with E-state index in [2.05, 4.69) is 5.32 Å². The molecule has 2 heterocycles. The molecule has 32 heavy (non-hydrogen) atoms. The third-order valence-electron chi connectivity index (χ3n) is 6.21. The fourth-order valence-electron chi connectivity index (χ4n) is 4.46. The summed E-state index contributed by atoms with van der Waals surface area (Å²) >= 11 is 0. The quantitative estimate of drug-likeness (QED) is 0.746. The summed E-state index contributed by atoms with van der Waals surface area (Å²) in [5.41, 5.74) is 3.32. The first kappa shape index (κ1) is 22.5. The number of hydrogen-bond acceptors (Lipinski definition) is 4. The summed E-state index contributed by atoms with van der Waals surface area (Å²) in [5.74, 6) is -0.214. The molecule has 2 aromatic rings. The standard InChI is InChI=1S/C24H29N3O4S/c1-17-8-11-20(12-9-17)32(30,31)27-15-4-3-6-22(27)24(29)25-19-10-13-21(18(2)16-19)26-14-5-7-23(26)28/h8-13,16,22H,3-7,14-15H2,1-2H3,(H,25,29). The van der Waals surface area contributed by atoms with Gasteiger partial charge in [0.15, 0.2) is 0 Å². The van der Waals surface area contributed by atoms with Gasteiger partial charge in [-0.25, -0.2) is 8.42 Å². The van der Waals surface area contributed by atoms with E-state index in [4.69, 9.17) is 0 Å². The Hall–Kier alpha value is -2.71. The molecule has 1 N–H and O–H groups in total. The van der Waals surface area contributed by atoms with Gasteiger partial charge in [0.1, 0.15) is 6.04 Å². The number of nitrogens with zero attached hydrogens (tertiary/aromatic N) is 2. The lowest BCUT2D eigenvalue weighted by Crippen LogP contribution is -2.49. The molecular formula is C24H29N3O4S. The Kier molecular flexibility index (Phi) is 6.35. The maximum atomic E-state index is 13.3. The van der Waals surface area contributed by atoms with Crippen LogP contribution in [0.25, 0.3) is 0 Å². The molecule has 0 aliphatic carbocycles. The van der Waals surface area contributed by atoms with Crippen LogP contribution in [0, 0.1) is 13.8 Å². The number of nitrogens with one attached hydrogen (secondary N) is 1. The highest BCUT2D eigenvalue weighted by molar-refractivity contribution is 7.89. The van der Waals surface area contributed by atoms with Gasteiger partial charge < -0.3 is 10.2 Å². The van der Waals surface area contributed by atoms with Crippen molar-refractivity contribution in [1.82, 2.24) is 4.31 Å². The maximum Gasteiger partial charge on any atom is 0.243 e. The third-order valence-corrected chi connectivity index (χ3v) is 8.13. The Bertz CT molecular complexity index is 1130. The van der Waals surface area contributed by atoms with E-state index < -0.39 is 16.1 Å². The summed E-state index contributed by atoms with van der Waals surface area (Å²) in [6, 6.07) is 11.4. The van der Waals surface area contributed by atoms with Crippen molar-refractivity contribution in [2.75, 3.05) is 23.3 Å². The van der Waals surface area contributed by atoms with E-state index in [0.717, 1.165) is 36.1 Å². The van der Waals surface area contributed by atoms with Gasteiger partial charge in [0, 0.05) is 30.9 Å². The van der Waals surface area contributed by atoms with Gasteiger partial charge in [0.25, 0.3) is 0 Å². The summed E-state index contributed by atoms with van der Waals surface area (Å²) < 4.78 is 27.8. The average Bonchev–Trinajstić information content (AvgIpc) is 3.19. The number of piperidine rings is 1. The molecule has 2 aliphatic rings. The van der Waals surface area contributed by atoms with E-state index >= 15 is 0 Å². The molecule has 0 radical (unpaired) electrons. The smallest absolute Gasteiger partial charge is 0.243 e. The molecule has 0 spiro atoms. The Labute approximate surface area is 189 Å². The molecule has 0 aromatic heterocycles. The van der Waals surface area contributed by atoms with Gasteiger partial charge in [0.2, 0.25) is 21.8 Å². The highest BCUT2D eigenvalue weighted by Gasteiger charge is 2.37. The molecule has 2 aromatic carbocycles. The molecule has 4 rings (SSSR count). The van der Waals surface area contributed by atoms with Crippen LogP contribution >= 0.6 is 0 Å². The van der Waals surface area contributed by atoms with E-state index in [9.17, 15) is 18.0 Å². The molecule has 2 fully saturated rings. The van der Waals surface area contributed by atoms with Crippen LogP contribution in [-0.2, 0) is 19.6 Å². The van der Waals surface area contributed by atoms with Crippen LogP contribution in [0.3, 0.4) is 0 Å². The van der Waals surface area contributed by atoms with Crippen molar-refractivity contribution in [2.45, 2.75) is 56.9 Å². The van der Waals surface area contributed by atoms with Crippen LogP contribution in [0.15, 0.2) is 47.4 Å². The second-order valence-electron chi connectivity index (χ2n) is 8.58. The number of anilines is 2. The normalized spacial score (nSPS) is 19.9. The second kappa shape index (κ2) is 9.03. The minimum absolute atomic E-state index is 0.115. The van der Waals surface area contributed by atoms with Crippen molar-refractivity contribution in [1.29, 1.82) is 0 Å². The summed E-state index contributed by atoms with van der Waals surface area (Å²) in [4.78, 5) is 27.2. The number of carbonyl (C=O) groups excluding carboxylic acids is 2. The van der Waals surface area contributed by atoms with Crippen molar-refractivity contribution < 1.29 is 18.0 Å². The number of amides is 2. The van der Waals surface area contributed by atoms with Crippen molar-refractivity contribution in [3.05, 3.63) is 53.6 Å². The lowest BCUT2D eigenvalue weighted by Gasteiger charge is -2.33. The largest absolute Gasteiger partial charge is 0.325 e. The second-order valence-corrected chi connectivity index (χ2v) is 10.5. The fourth-order valence-corrected chi connectivity index (χ4v) is 6.12. The first-order valence-electron chi connectivity index (χ1n) is 11.1. The van der Waals surface area contributed by atoms with Crippen LogP contribution < -0.4 is 10.2 Å². The number of hydrogen-bond donors (Lipinski definition) is 1. The number of benzene rings is 2. The topological polar surface area (TPSA) is 86.8 Å². The van der Waals surface area contributed by atoms with E-state index in [0.29, 0.717) is 31.6 Å². The third kappa shape index (κ3) is 4.42. The number of rotatable bonds is 5.